The lowest BCUT2D eigenvalue weighted by Crippen LogP contribution is -2.47. The molecule has 0 radical (unpaired) electrons. The van der Waals surface area contributed by atoms with Gasteiger partial charge in [0, 0.05) is 25.1 Å². The van der Waals surface area contributed by atoms with Gasteiger partial charge in [0.2, 0.25) is 0 Å². The predicted octanol–water partition coefficient (Wildman–Crippen LogP) is 2.24. The summed E-state index contributed by atoms with van der Waals surface area (Å²) in [6.07, 6.45) is 2.93. The summed E-state index contributed by atoms with van der Waals surface area (Å²) in [6.45, 7) is 6.19. The molecule has 4 nitrogen and oxygen atoms in total. The standard InChI is InChI=1S/C18H27NO3/c1-14-4-2-5-15(12-14)22-11-9-19-8-3-6-17(19)16-13-21-10-7-18(16)20/h2,4-5,12,16-18,20H,3,6-11,13H2,1H3/t16-,17+,18-/m0/s1. The first-order chi connectivity index (χ1) is 10.7. The van der Waals surface area contributed by atoms with Crippen LogP contribution in [0.15, 0.2) is 24.3 Å². The van der Waals surface area contributed by atoms with Crippen LogP contribution in [0.25, 0.3) is 0 Å². The highest BCUT2D eigenvalue weighted by atomic mass is 16.5. The Labute approximate surface area is 133 Å². The van der Waals surface area contributed by atoms with Gasteiger partial charge in [-0.25, -0.2) is 0 Å². The second-order valence-electron chi connectivity index (χ2n) is 6.51. The van der Waals surface area contributed by atoms with Crippen LogP contribution in [-0.4, -0.2) is 55.1 Å². The van der Waals surface area contributed by atoms with Gasteiger partial charge in [-0.05, 0) is 50.4 Å². The maximum Gasteiger partial charge on any atom is 0.119 e. The van der Waals surface area contributed by atoms with E-state index in [9.17, 15) is 5.11 Å². The lowest BCUT2D eigenvalue weighted by molar-refractivity contribution is -0.0634. The molecule has 0 unspecified atom stereocenters. The fraction of sp³-hybridized carbons (Fsp3) is 0.667. The lowest BCUT2D eigenvalue weighted by atomic mass is 9.89. The second kappa shape index (κ2) is 7.44. The monoisotopic (exact) mass is 305 g/mol. The number of hydrogen-bond donors (Lipinski definition) is 1. The molecule has 3 rings (SSSR count). The molecule has 2 aliphatic rings. The molecule has 2 heterocycles. The van der Waals surface area contributed by atoms with Crippen LogP contribution < -0.4 is 4.74 Å². The van der Waals surface area contributed by atoms with E-state index in [1.807, 2.05) is 12.1 Å². The highest BCUT2D eigenvalue weighted by molar-refractivity contribution is 5.27. The molecule has 0 aromatic heterocycles. The molecule has 2 fully saturated rings. The molecule has 22 heavy (non-hydrogen) atoms. The van der Waals surface area contributed by atoms with E-state index in [-0.39, 0.29) is 12.0 Å². The number of aryl methyl sites for hydroxylation is 1. The van der Waals surface area contributed by atoms with Crippen molar-refractivity contribution in [1.29, 1.82) is 0 Å². The third kappa shape index (κ3) is 3.80. The van der Waals surface area contributed by atoms with Crippen molar-refractivity contribution in [2.45, 2.75) is 38.3 Å². The zero-order valence-electron chi connectivity index (χ0n) is 13.4. The Morgan fingerprint density at radius 3 is 3.09 bits per heavy atom. The Kier molecular flexibility index (Phi) is 5.34. The van der Waals surface area contributed by atoms with Crippen LogP contribution in [0, 0.1) is 12.8 Å². The molecule has 2 aliphatic heterocycles. The van der Waals surface area contributed by atoms with Crippen LogP contribution in [0.5, 0.6) is 5.75 Å². The first kappa shape index (κ1) is 15.8. The molecular formula is C18H27NO3. The van der Waals surface area contributed by atoms with Crippen LogP contribution in [0.4, 0.5) is 0 Å². The van der Waals surface area contributed by atoms with Gasteiger partial charge in [-0.15, -0.1) is 0 Å². The minimum absolute atomic E-state index is 0.211. The highest BCUT2D eigenvalue weighted by Gasteiger charge is 2.37. The van der Waals surface area contributed by atoms with E-state index in [0.29, 0.717) is 25.9 Å². The third-order valence-electron chi connectivity index (χ3n) is 4.91. The summed E-state index contributed by atoms with van der Waals surface area (Å²) in [6, 6.07) is 8.62. The van der Waals surface area contributed by atoms with Gasteiger partial charge < -0.3 is 14.6 Å². The van der Waals surface area contributed by atoms with Crippen LogP contribution >= 0.6 is 0 Å². The Morgan fingerprint density at radius 1 is 1.36 bits per heavy atom. The molecule has 0 aliphatic carbocycles. The zero-order chi connectivity index (χ0) is 15.4. The third-order valence-corrected chi connectivity index (χ3v) is 4.91. The average Bonchev–Trinajstić information content (AvgIpc) is 2.96. The summed E-state index contributed by atoms with van der Waals surface area (Å²) in [5.41, 5.74) is 1.22. The van der Waals surface area contributed by atoms with Gasteiger partial charge >= 0.3 is 0 Å². The van der Waals surface area contributed by atoms with E-state index < -0.39 is 0 Å². The minimum atomic E-state index is -0.211. The molecule has 0 amide bonds. The molecule has 1 N–H and O–H groups in total. The Hall–Kier alpha value is -1.10. The fourth-order valence-corrected chi connectivity index (χ4v) is 3.72. The summed E-state index contributed by atoms with van der Waals surface area (Å²) in [7, 11) is 0. The van der Waals surface area contributed by atoms with Gasteiger partial charge in [-0.3, -0.25) is 4.90 Å². The largest absolute Gasteiger partial charge is 0.492 e. The van der Waals surface area contributed by atoms with Crippen LogP contribution in [-0.2, 0) is 4.74 Å². The zero-order valence-corrected chi connectivity index (χ0v) is 13.4. The summed E-state index contributed by atoms with van der Waals surface area (Å²) in [4.78, 5) is 2.47. The number of nitrogens with zero attached hydrogens (tertiary/aromatic N) is 1. The van der Waals surface area contributed by atoms with Crippen molar-refractivity contribution in [1.82, 2.24) is 4.90 Å². The van der Waals surface area contributed by atoms with Crippen molar-refractivity contribution in [3.63, 3.8) is 0 Å². The maximum absolute atomic E-state index is 10.2. The Balaban J connectivity index is 1.50. The van der Waals surface area contributed by atoms with Crippen molar-refractivity contribution < 1.29 is 14.6 Å². The van der Waals surface area contributed by atoms with E-state index in [4.69, 9.17) is 9.47 Å². The van der Waals surface area contributed by atoms with Crippen molar-refractivity contribution in [2.24, 2.45) is 5.92 Å². The summed E-state index contributed by atoms with van der Waals surface area (Å²) in [5.74, 6) is 1.20. The molecule has 122 valence electrons. The van der Waals surface area contributed by atoms with Crippen LogP contribution in [0.2, 0.25) is 0 Å². The molecule has 0 saturated carbocycles. The van der Waals surface area contributed by atoms with E-state index >= 15 is 0 Å². The lowest BCUT2D eigenvalue weighted by Gasteiger charge is -2.37. The average molecular weight is 305 g/mol. The molecular weight excluding hydrogens is 278 g/mol. The van der Waals surface area contributed by atoms with Crippen LogP contribution in [0.1, 0.15) is 24.8 Å². The SMILES string of the molecule is Cc1cccc(OCCN2CCC[C@@H]2[C@@H]2COCC[C@@H]2O)c1. The number of hydrogen-bond acceptors (Lipinski definition) is 4. The maximum atomic E-state index is 10.2. The fourth-order valence-electron chi connectivity index (χ4n) is 3.72. The Bertz CT molecular complexity index is 479. The summed E-state index contributed by atoms with van der Waals surface area (Å²) in [5, 5.41) is 10.2. The number of aliphatic hydroxyl groups is 1. The van der Waals surface area contributed by atoms with Gasteiger partial charge in [0.15, 0.2) is 0 Å². The molecule has 0 bridgehead atoms. The number of ether oxygens (including phenoxy) is 2. The molecule has 1 aromatic carbocycles. The summed E-state index contributed by atoms with van der Waals surface area (Å²) >= 11 is 0. The van der Waals surface area contributed by atoms with E-state index in [2.05, 4.69) is 24.0 Å². The topological polar surface area (TPSA) is 41.9 Å². The molecule has 0 spiro atoms. The van der Waals surface area contributed by atoms with Crippen molar-refractivity contribution >= 4 is 0 Å². The first-order valence-electron chi connectivity index (χ1n) is 8.43. The molecule has 4 heteroatoms. The second-order valence-corrected chi connectivity index (χ2v) is 6.51. The first-order valence-corrected chi connectivity index (χ1v) is 8.43. The molecule has 2 saturated heterocycles. The number of likely N-dealkylation sites (tertiary alicyclic amines) is 1. The van der Waals surface area contributed by atoms with Crippen molar-refractivity contribution in [2.75, 3.05) is 32.9 Å². The summed E-state index contributed by atoms with van der Waals surface area (Å²) < 4.78 is 11.5. The molecule has 3 atom stereocenters. The predicted molar refractivity (Wildman–Crippen MR) is 86.2 cm³/mol. The van der Waals surface area contributed by atoms with Gasteiger partial charge in [-0.1, -0.05) is 12.1 Å². The van der Waals surface area contributed by atoms with Crippen molar-refractivity contribution in [3.05, 3.63) is 29.8 Å². The van der Waals surface area contributed by atoms with E-state index in [1.165, 1.54) is 12.0 Å². The quantitative estimate of drug-likeness (QED) is 0.906. The normalized spacial score (nSPS) is 29.6. The van der Waals surface area contributed by atoms with Gasteiger partial charge in [0.1, 0.15) is 12.4 Å². The smallest absolute Gasteiger partial charge is 0.119 e. The van der Waals surface area contributed by atoms with Gasteiger partial charge in [0.05, 0.1) is 12.7 Å². The molecule has 1 aromatic rings. The van der Waals surface area contributed by atoms with E-state index in [0.717, 1.165) is 31.7 Å². The minimum Gasteiger partial charge on any atom is -0.492 e. The number of benzene rings is 1. The van der Waals surface area contributed by atoms with Gasteiger partial charge in [0.25, 0.3) is 0 Å². The van der Waals surface area contributed by atoms with E-state index in [1.54, 1.807) is 0 Å². The van der Waals surface area contributed by atoms with Crippen molar-refractivity contribution in [3.8, 4) is 5.75 Å². The van der Waals surface area contributed by atoms with Gasteiger partial charge in [-0.2, -0.15) is 0 Å². The van der Waals surface area contributed by atoms with Crippen LogP contribution in [0.3, 0.4) is 0 Å². The Morgan fingerprint density at radius 2 is 2.27 bits per heavy atom. The number of rotatable bonds is 5. The number of aliphatic hydroxyl groups excluding tert-OH is 1. The highest BCUT2D eigenvalue weighted by Crippen LogP contribution is 2.29.